The van der Waals surface area contributed by atoms with E-state index < -0.39 is 6.10 Å². The largest absolute Gasteiger partial charge is 0.387 e. The Bertz CT molecular complexity index is 355. The zero-order chi connectivity index (χ0) is 13.0. The lowest BCUT2D eigenvalue weighted by Crippen LogP contribution is -2.38. The fraction of sp³-hybridized carbons (Fsp3) is 0.667. The molecule has 100 valence electrons. The molecule has 1 aromatic heterocycles. The lowest BCUT2D eigenvalue weighted by molar-refractivity contribution is 0.154. The van der Waals surface area contributed by atoms with Crippen LogP contribution in [0.1, 0.15) is 44.8 Å². The number of aromatic nitrogens is 1. The summed E-state index contributed by atoms with van der Waals surface area (Å²) < 4.78 is 0. The lowest BCUT2D eigenvalue weighted by Gasteiger charge is -2.33. The Morgan fingerprint density at radius 2 is 2.00 bits per heavy atom. The summed E-state index contributed by atoms with van der Waals surface area (Å²) in [6.45, 7) is 5.31. The van der Waals surface area contributed by atoms with E-state index in [0.29, 0.717) is 12.6 Å². The summed E-state index contributed by atoms with van der Waals surface area (Å²) in [5.41, 5.74) is 0.940. The van der Waals surface area contributed by atoms with Crippen molar-refractivity contribution in [2.45, 2.75) is 45.3 Å². The molecule has 2 N–H and O–H groups in total. The van der Waals surface area contributed by atoms with Crippen LogP contribution in [0.25, 0.3) is 0 Å². The molecular formula is C15H24N2O. The average molecular weight is 248 g/mol. The molecule has 4 atom stereocenters. The fourth-order valence-corrected chi connectivity index (χ4v) is 2.71. The average Bonchev–Trinajstić information content (AvgIpc) is 2.41. The molecule has 3 heteroatoms. The molecule has 0 bridgehead atoms. The van der Waals surface area contributed by atoms with E-state index in [-0.39, 0.29) is 0 Å². The van der Waals surface area contributed by atoms with Crippen molar-refractivity contribution in [2.75, 3.05) is 6.54 Å². The van der Waals surface area contributed by atoms with Crippen LogP contribution >= 0.6 is 0 Å². The first-order chi connectivity index (χ1) is 8.66. The molecule has 0 saturated heterocycles. The van der Waals surface area contributed by atoms with Gasteiger partial charge in [0.2, 0.25) is 0 Å². The summed E-state index contributed by atoms with van der Waals surface area (Å²) in [5, 5.41) is 13.6. The van der Waals surface area contributed by atoms with Gasteiger partial charge < -0.3 is 10.4 Å². The number of pyridine rings is 1. The van der Waals surface area contributed by atoms with E-state index in [0.717, 1.165) is 17.4 Å². The summed E-state index contributed by atoms with van der Waals surface area (Å²) in [7, 11) is 0. The van der Waals surface area contributed by atoms with Gasteiger partial charge in [-0.2, -0.15) is 0 Å². The second-order valence-corrected chi connectivity index (χ2v) is 5.67. The Hall–Kier alpha value is -0.930. The summed E-state index contributed by atoms with van der Waals surface area (Å²) in [6.07, 6.45) is 6.78. The first kappa shape index (κ1) is 13.5. The number of nitrogens with one attached hydrogen (secondary N) is 1. The fourth-order valence-electron chi connectivity index (χ4n) is 2.71. The highest BCUT2D eigenvalue weighted by molar-refractivity contribution is 5.13. The second kappa shape index (κ2) is 6.30. The van der Waals surface area contributed by atoms with E-state index in [9.17, 15) is 5.11 Å². The van der Waals surface area contributed by atoms with Crippen LogP contribution in [-0.2, 0) is 0 Å². The molecule has 1 aliphatic carbocycles. The van der Waals surface area contributed by atoms with Gasteiger partial charge >= 0.3 is 0 Å². The maximum Gasteiger partial charge on any atom is 0.0915 e. The number of aliphatic hydroxyl groups excluding tert-OH is 1. The smallest absolute Gasteiger partial charge is 0.0915 e. The van der Waals surface area contributed by atoms with Gasteiger partial charge in [-0.05, 0) is 48.8 Å². The first-order valence-electron chi connectivity index (χ1n) is 6.98. The Balaban J connectivity index is 1.78. The van der Waals surface area contributed by atoms with Gasteiger partial charge in [0.05, 0.1) is 6.10 Å². The number of nitrogens with zero attached hydrogens (tertiary/aromatic N) is 1. The lowest BCUT2D eigenvalue weighted by atomic mass is 9.79. The van der Waals surface area contributed by atoms with E-state index >= 15 is 0 Å². The Kier molecular flexibility index (Phi) is 4.72. The molecule has 4 unspecified atom stereocenters. The molecule has 18 heavy (non-hydrogen) atoms. The van der Waals surface area contributed by atoms with Crippen molar-refractivity contribution in [3.63, 3.8) is 0 Å². The summed E-state index contributed by atoms with van der Waals surface area (Å²) in [6, 6.07) is 4.31. The van der Waals surface area contributed by atoms with Gasteiger partial charge in [0.1, 0.15) is 0 Å². The Morgan fingerprint density at radius 1 is 1.28 bits per heavy atom. The van der Waals surface area contributed by atoms with Crippen LogP contribution in [0.2, 0.25) is 0 Å². The van der Waals surface area contributed by atoms with E-state index in [2.05, 4.69) is 24.1 Å². The third-order valence-electron chi connectivity index (χ3n) is 4.29. The zero-order valence-electron chi connectivity index (χ0n) is 11.3. The highest BCUT2D eigenvalue weighted by Gasteiger charge is 2.24. The molecular weight excluding hydrogens is 224 g/mol. The maximum atomic E-state index is 10.1. The predicted molar refractivity (Wildman–Crippen MR) is 73.2 cm³/mol. The zero-order valence-corrected chi connectivity index (χ0v) is 11.3. The van der Waals surface area contributed by atoms with E-state index in [4.69, 9.17) is 0 Å². The molecule has 1 aliphatic rings. The van der Waals surface area contributed by atoms with Crippen molar-refractivity contribution in [3.05, 3.63) is 30.1 Å². The standard InChI is InChI=1S/C15H24N2O/c1-11-3-4-14(9-12(11)2)17-10-15(18)13-5-7-16-8-6-13/h5-8,11-12,14-15,17-18H,3-4,9-10H2,1-2H3. The van der Waals surface area contributed by atoms with Gasteiger partial charge in [0.25, 0.3) is 0 Å². The predicted octanol–water partition coefficient (Wildman–Crippen LogP) is 2.53. The van der Waals surface area contributed by atoms with Crippen LogP contribution < -0.4 is 5.32 Å². The van der Waals surface area contributed by atoms with Gasteiger partial charge in [0, 0.05) is 25.0 Å². The Morgan fingerprint density at radius 3 is 2.67 bits per heavy atom. The normalized spacial score (nSPS) is 30.1. The van der Waals surface area contributed by atoms with Crippen LogP contribution in [-0.4, -0.2) is 22.7 Å². The number of rotatable bonds is 4. The van der Waals surface area contributed by atoms with Gasteiger partial charge in [0.15, 0.2) is 0 Å². The second-order valence-electron chi connectivity index (χ2n) is 5.67. The molecule has 1 saturated carbocycles. The summed E-state index contributed by atoms with van der Waals surface area (Å²) >= 11 is 0. The molecule has 2 rings (SSSR count). The Labute approximate surface area is 110 Å². The topological polar surface area (TPSA) is 45.1 Å². The van der Waals surface area contributed by atoms with E-state index in [1.165, 1.54) is 19.3 Å². The van der Waals surface area contributed by atoms with E-state index in [1.807, 2.05) is 12.1 Å². The van der Waals surface area contributed by atoms with Crippen LogP contribution in [0.3, 0.4) is 0 Å². The third-order valence-corrected chi connectivity index (χ3v) is 4.29. The SMILES string of the molecule is CC1CCC(NCC(O)c2ccncc2)CC1C. The summed E-state index contributed by atoms with van der Waals surface area (Å²) in [5.74, 6) is 1.63. The quantitative estimate of drug-likeness (QED) is 0.860. The van der Waals surface area contributed by atoms with Crippen molar-refractivity contribution >= 4 is 0 Å². The minimum Gasteiger partial charge on any atom is -0.387 e. The minimum absolute atomic E-state index is 0.428. The van der Waals surface area contributed by atoms with Crippen molar-refractivity contribution in [2.24, 2.45) is 11.8 Å². The number of aliphatic hydroxyl groups is 1. The maximum absolute atomic E-state index is 10.1. The summed E-state index contributed by atoms with van der Waals surface area (Å²) in [4.78, 5) is 3.96. The van der Waals surface area contributed by atoms with E-state index in [1.54, 1.807) is 12.4 Å². The highest BCUT2D eigenvalue weighted by atomic mass is 16.3. The van der Waals surface area contributed by atoms with Crippen LogP contribution in [0.15, 0.2) is 24.5 Å². The molecule has 1 aromatic rings. The van der Waals surface area contributed by atoms with Crippen molar-refractivity contribution < 1.29 is 5.11 Å². The molecule has 1 fully saturated rings. The van der Waals surface area contributed by atoms with Crippen molar-refractivity contribution in [1.82, 2.24) is 10.3 Å². The highest BCUT2D eigenvalue weighted by Crippen LogP contribution is 2.29. The molecule has 0 aliphatic heterocycles. The van der Waals surface area contributed by atoms with Gasteiger partial charge in [-0.1, -0.05) is 13.8 Å². The monoisotopic (exact) mass is 248 g/mol. The number of hydrogen-bond acceptors (Lipinski definition) is 3. The molecule has 0 amide bonds. The van der Waals surface area contributed by atoms with Gasteiger partial charge in [-0.25, -0.2) is 0 Å². The first-order valence-corrected chi connectivity index (χ1v) is 6.98. The molecule has 0 aromatic carbocycles. The number of hydrogen-bond donors (Lipinski definition) is 2. The van der Waals surface area contributed by atoms with Crippen LogP contribution in [0.5, 0.6) is 0 Å². The van der Waals surface area contributed by atoms with Crippen LogP contribution in [0.4, 0.5) is 0 Å². The van der Waals surface area contributed by atoms with Gasteiger partial charge in [-0.15, -0.1) is 0 Å². The molecule has 1 heterocycles. The molecule has 0 spiro atoms. The minimum atomic E-state index is -0.428. The van der Waals surface area contributed by atoms with Crippen molar-refractivity contribution in [1.29, 1.82) is 0 Å². The van der Waals surface area contributed by atoms with Crippen molar-refractivity contribution in [3.8, 4) is 0 Å². The molecule has 3 nitrogen and oxygen atoms in total. The molecule has 0 radical (unpaired) electrons. The third kappa shape index (κ3) is 3.53. The van der Waals surface area contributed by atoms with Gasteiger partial charge in [-0.3, -0.25) is 4.98 Å². The van der Waals surface area contributed by atoms with Crippen LogP contribution in [0, 0.1) is 11.8 Å².